The van der Waals surface area contributed by atoms with Crippen LogP contribution < -0.4 is 0 Å². The van der Waals surface area contributed by atoms with Crippen molar-refractivity contribution >= 4 is 0 Å². The zero-order chi connectivity index (χ0) is 9.14. The second kappa shape index (κ2) is 4.14. The van der Waals surface area contributed by atoms with Gasteiger partial charge in [0.15, 0.2) is 0 Å². The van der Waals surface area contributed by atoms with E-state index in [-0.39, 0.29) is 12.2 Å². The molecule has 2 rings (SSSR count). The summed E-state index contributed by atoms with van der Waals surface area (Å²) in [5.41, 5.74) is 0. The highest BCUT2D eigenvalue weighted by Crippen LogP contribution is 2.22. The molecule has 0 heterocycles. The van der Waals surface area contributed by atoms with Crippen LogP contribution in [-0.4, -0.2) is 34.8 Å². The number of alkyl halides is 2. The topological polar surface area (TPSA) is 40.5 Å². The normalized spacial score (nSPS) is 45.0. The summed E-state index contributed by atoms with van der Waals surface area (Å²) in [6, 6.07) is 0. The van der Waals surface area contributed by atoms with Crippen LogP contribution in [0.1, 0.15) is 25.7 Å². The summed E-state index contributed by atoms with van der Waals surface area (Å²) in [6.45, 7) is 0. The van der Waals surface area contributed by atoms with E-state index in [9.17, 15) is 8.78 Å². The van der Waals surface area contributed by atoms with Gasteiger partial charge in [-0.1, -0.05) is 0 Å². The summed E-state index contributed by atoms with van der Waals surface area (Å²) in [5, 5.41) is 16.8. The molecule has 0 spiro atoms. The van der Waals surface area contributed by atoms with Crippen LogP contribution in [0.4, 0.5) is 8.78 Å². The second-order valence-corrected chi connectivity index (χ2v) is 3.45. The van der Waals surface area contributed by atoms with Crippen molar-refractivity contribution in [3.05, 3.63) is 0 Å². The standard InChI is InChI=1S/2C4H7FO/c2*5-3-1-4(6)2-3/h2*3-4,6H,1-2H2. The maximum atomic E-state index is 11.6. The van der Waals surface area contributed by atoms with Gasteiger partial charge in [0, 0.05) is 25.7 Å². The molecule has 2 fully saturated rings. The quantitative estimate of drug-likeness (QED) is 0.583. The SMILES string of the molecule is OC1CC(F)C1.OC1CC(F)C1. The number of hydrogen-bond donors (Lipinski definition) is 2. The summed E-state index contributed by atoms with van der Waals surface area (Å²) in [7, 11) is 0. The highest BCUT2D eigenvalue weighted by atomic mass is 19.1. The van der Waals surface area contributed by atoms with Crippen molar-refractivity contribution in [3.8, 4) is 0 Å². The van der Waals surface area contributed by atoms with Crippen LogP contribution in [0.3, 0.4) is 0 Å². The Hall–Kier alpha value is -0.220. The molecule has 0 unspecified atom stereocenters. The third-order valence-corrected chi connectivity index (χ3v) is 2.11. The van der Waals surface area contributed by atoms with Crippen LogP contribution in [0.5, 0.6) is 0 Å². The smallest absolute Gasteiger partial charge is 0.105 e. The molecule has 0 aromatic carbocycles. The molecule has 0 aliphatic heterocycles. The molecule has 2 nitrogen and oxygen atoms in total. The Morgan fingerprint density at radius 2 is 1.00 bits per heavy atom. The molecule has 0 saturated heterocycles. The van der Waals surface area contributed by atoms with Crippen molar-refractivity contribution < 1.29 is 19.0 Å². The highest BCUT2D eigenvalue weighted by molar-refractivity contribution is 4.77. The molecule has 2 saturated carbocycles. The predicted molar refractivity (Wildman–Crippen MR) is 40.3 cm³/mol. The van der Waals surface area contributed by atoms with Crippen molar-refractivity contribution in [2.75, 3.05) is 0 Å². The molecule has 0 aromatic rings. The molecular formula is C8H14F2O2. The van der Waals surface area contributed by atoms with E-state index >= 15 is 0 Å². The minimum atomic E-state index is -0.708. The lowest BCUT2D eigenvalue weighted by molar-refractivity contribution is 0.0216. The third-order valence-electron chi connectivity index (χ3n) is 2.11. The van der Waals surface area contributed by atoms with Crippen LogP contribution in [0, 0.1) is 0 Å². The van der Waals surface area contributed by atoms with Gasteiger partial charge in [-0.05, 0) is 0 Å². The number of hydrogen-bond acceptors (Lipinski definition) is 2. The first kappa shape index (κ1) is 9.86. The Bertz CT molecular complexity index is 103. The molecule has 2 N–H and O–H groups in total. The summed E-state index contributed by atoms with van der Waals surface area (Å²) >= 11 is 0. The molecule has 12 heavy (non-hydrogen) atoms. The van der Waals surface area contributed by atoms with E-state index in [1.165, 1.54) is 0 Å². The lowest BCUT2D eigenvalue weighted by atomic mass is 9.94. The Balaban J connectivity index is 0.000000120. The lowest BCUT2D eigenvalue weighted by Crippen LogP contribution is -2.29. The summed E-state index contributed by atoms with van der Waals surface area (Å²) in [4.78, 5) is 0. The fraction of sp³-hybridized carbons (Fsp3) is 1.00. The minimum absolute atomic E-state index is 0.333. The molecule has 72 valence electrons. The fourth-order valence-electron chi connectivity index (χ4n) is 1.04. The Morgan fingerprint density at radius 1 is 0.750 bits per heavy atom. The summed E-state index contributed by atoms with van der Waals surface area (Å²) < 4.78 is 23.2. The molecule has 0 aromatic heterocycles. The van der Waals surface area contributed by atoms with Gasteiger partial charge in [0.05, 0.1) is 12.2 Å². The lowest BCUT2D eigenvalue weighted by Gasteiger charge is -2.23. The first-order valence-electron chi connectivity index (χ1n) is 4.22. The Morgan fingerprint density at radius 3 is 1.00 bits per heavy atom. The van der Waals surface area contributed by atoms with Gasteiger partial charge in [0.1, 0.15) is 12.3 Å². The largest absolute Gasteiger partial charge is 0.393 e. The van der Waals surface area contributed by atoms with Gasteiger partial charge in [0.25, 0.3) is 0 Å². The van der Waals surface area contributed by atoms with Crippen molar-refractivity contribution in [3.63, 3.8) is 0 Å². The van der Waals surface area contributed by atoms with Gasteiger partial charge in [-0.25, -0.2) is 8.78 Å². The zero-order valence-electron chi connectivity index (χ0n) is 6.79. The van der Waals surface area contributed by atoms with Crippen molar-refractivity contribution in [2.24, 2.45) is 0 Å². The van der Waals surface area contributed by atoms with Gasteiger partial charge in [-0.2, -0.15) is 0 Å². The predicted octanol–water partition coefficient (Wildman–Crippen LogP) is 0.958. The zero-order valence-corrected chi connectivity index (χ0v) is 6.79. The van der Waals surface area contributed by atoms with E-state index in [4.69, 9.17) is 10.2 Å². The summed E-state index contributed by atoms with van der Waals surface area (Å²) in [5.74, 6) is 0. The van der Waals surface area contributed by atoms with E-state index in [2.05, 4.69) is 0 Å². The summed E-state index contributed by atoms with van der Waals surface area (Å²) in [6.07, 6.45) is -0.639. The molecule has 0 radical (unpaired) electrons. The van der Waals surface area contributed by atoms with Crippen molar-refractivity contribution in [2.45, 2.75) is 50.2 Å². The van der Waals surface area contributed by atoms with Crippen LogP contribution in [0.25, 0.3) is 0 Å². The Labute approximate surface area is 70.2 Å². The van der Waals surface area contributed by atoms with E-state index in [0.29, 0.717) is 25.7 Å². The van der Waals surface area contributed by atoms with Crippen molar-refractivity contribution in [1.29, 1.82) is 0 Å². The first-order chi connectivity index (χ1) is 5.58. The monoisotopic (exact) mass is 180 g/mol. The maximum absolute atomic E-state index is 11.6. The van der Waals surface area contributed by atoms with E-state index in [1.54, 1.807) is 0 Å². The average Bonchev–Trinajstić information content (AvgIpc) is 1.84. The van der Waals surface area contributed by atoms with E-state index in [1.807, 2.05) is 0 Å². The maximum Gasteiger partial charge on any atom is 0.105 e. The Kier molecular flexibility index (Phi) is 3.40. The minimum Gasteiger partial charge on any atom is -0.393 e. The van der Waals surface area contributed by atoms with Gasteiger partial charge in [-0.15, -0.1) is 0 Å². The molecule has 2 aliphatic rings. The first-order valence-corrected chi connectivity index (χ1v) is 4.22. The molecule has 0 atom stereocenters. The van der Waals surface area contributed by atoms with E-state index in [0.717, 1.165) is 0 Å². The van der Waals surface area contributed by atoms with Gasteiger partial charge in [0.2, 0.25) is 0 Å². The van der Waals surface area contributed by atoms with Crippen LogP contribution in [0.15, 0.2) is 0 Å². The molecule has 4 heteroatoms. The van der Waals surface area contributed by atoms with Crippen molar-refractivity contribution in [1.82, 2.24) is 0 Å². The second-order valence-electron chi connectivity index (χ2n) is 3.45. The van der Waals surface area contributed by atoms with Crippen LogP contribution in [-0.2, 0) is 0 Å². The average molecular weight is 180 g/mol. The molecular weight excluding hydrogens is 166 g/mol. The van der Waals surface area contributed by atoms with E-state index < -0.39 is 12.3 Å². The number of rotatable bonds is 0. The number of aliphatic hydroxyl groups excluding tert-OH is 2. The molecule has 0 amide bonds. The fourth-order valence-corrected chi connectivity index (χ4v) is 1.04. The van der Waals surface area contributed by atoms with Crippen LogP contribution in [0.2, 0.25) is 0 Å². The molecule has 2 aliphatic carbocycles. The van der Waals surface area contributed by atoms with Gasteiger partial charge >= 0.3 is 0 Å². The molecule has 0 bridgehead atoms. The third kappa shape index (κ3) is 3.03. The highest BCUT2D eigenvalue weighted by Gasteiger charge is 2.26. The van der Waals surface area contributed by atoms with Gasteiger partial charge in [-0.3, -0.25) is 0 Å². The van der Waals surface area contributed by atoms with Crippen LogP contribution >= 0.6 is 0 Å². The number of aliphatic hydroxyl groups is 2. The van der Waals surface area contributed by atoms with Gasteiger partial charge < -0.3 is 10.2 Å². The number of halogens is 2.